The van der Waals surface area contributed by atoms with Crippen molar-refractivity contribution < 1.29 is 13.6 Å². The fraction of sp³-hybridized carbons (Fsp3) is 0.0345. The number of furan rings is 2. The number of hydrogen-bond donors (Lipinski definition) is 0. The highest BCUT2D eigenvalue weighted by atomic mass is 79.9. The second kappa shape index (κ2) is 9.15. The molecule has 0 saturated heterocycles. The van der Waals surface area contributed by atoms with Crippen LogP contribution in [0.2, 0.25) is 0 Å². The van der Waals surface area contributed by atoms with Gasteiger partial charge in [-0.25, -0.2) is 4.98 Å². The van der Waals surface area contributed by atoms with E-state index in [1.807, 2.05) is 48.5 Å². The summed E-state index contributed by atoms with van der Waals surface area (Å²) < 4.78 is 14.1. The normalized spacial score (nSPS) is 11.6. The number of carbonyl (C=O) groups is 1. The molecular weight excluding hydrogens is 534 g/mol. The molecule has 0 N–H and O–H groups in total. The molecule has 7 nitrogen and oxygen atoms in total. The van der Waals surface area contributed by atoms with Gasteiger partial charge in [-0.3, -0.25) is 9.59 Å². The molecule has 0 fully saturated rings. The van der Waals surface area contributed by atoms with Gasteiger partial charge in [0.05, 0.1) is 17.1 Å². The summed E-state index contributed by atoms with van der Waals surface area (Å²) in [5.41, 5.74) is 2.34. The number of para-hydroxylation sites is 1. The quantitative estimate of drug-likeness (QED) is 0.171. The fourth-order valence-corrected chi connectivity index (χ4v) is 4.45. The van der Waals surface area contributed by atoms with E-state index in [-0.39, 0.29) is 17.2 Å². The van der Waals surface area contributed by atoms with Crippen molar-refractivity contribution in [1.82, 2.24) is 9.66 Å². The highest BCUT2D eigenvalue weighted by Gasteiger charge is 2.17. The lowest BCUT2D eigenvalue weighted by Crippen LogP contribution is -2.20. The molecule has 0 aliphatic rings. The average Bonchev–Trinajstić information content (AvgIpc) is 3.55. The molecule has 3 aromatic heterocycles. The summed E-state index contributed by atoms with van der Waals surface area (Å²) in [6, 6.07) is 25.3. The van der Waals surface area contributed by atoms with Crippen molar-refractivity contribution in [3.63, 3.8) is 0 Å². The molecular formula is C29H18BrN3O4. The first kappa shape index (κ1) is 22.9. The van der Waals surface area contributed by atoms with Gasteiger partial charge in [-0.15, -0.1) is 0 Å². The zero-order chi connectivity index (χ0) is 25.5. The zero-order valence-electron chi connectivity index (χ0n) is 19.5. The zero-order valence-corrected chi connectivity index (χ0v) is 21.1. The van der Waals surface area contributed by atoms with Crippen LogP contribution in [0.4, 0.5) is 0 Å². The van der Waals surface area contributed by atoms with Gasteiger partial charge < -0.3 is 8.83 Å². The Morgan fingerprint density at radius 1 is 0.946 bits per heavy atom. The number of hydrogen-bond acceptors (Lipinski definition) is 6. The maximum atomic E-state index is 13.4. The maximum absolute atomic E-state index is 13.4. The van der Waals surface area contributed by atoms with Crippen LogP contribution in [0, 0.1) is 0 Å². The van der Waals surface area contributed by atoms with Crippen LogP contribution in [0.1, 0.15) is 23.0 Å². The highest BCUT2D eigenvalue weighted by Crippen LogP contribution is 2.29. The molecule has 0 atom stereocenters. The van der Waals surface area contributed by atoms with Crippen LogP contribution in [0.3, 0.4) is 0 Å². The number of fused-ring (bicyclic) bond motifs is 2. The van der Waals surface area contributed by atoms with E-state index in [4.69, 9.17) is 13.8 Å². The van der Waals surface area contributed by atoms with E-state index in [0.29, 0.717) is 39.3 Å². The Labute approximate surface area is 218 Å². The predicted molar refractivity (Wildman–Crippen MR) is 146 cm³/mol. The fourth-order valence-electron chi connectivity index (χ4n) is 4.08. The van der Waals surface area contributed by atoms with E-state index in [9.17, 15) is 9.59 Å². The van der Waals surface area contributed by atoms with Gasteiger partial charge in [-0.05, 0) is 55.5 Å². The third-order valence-electron chi connectivity index (χ3n) is 5.96. The van der Waals surface area contributed by atoms with Gasteiger partial charge in [0.15, 0.2) is 11.5 Å². The molecule has 0 radical (unpaired) electrons. The Bertz CT molecular complexity index is 1890. The molecule has 3 heterocycles. The minimum atomic E-state index is -0.329. The van der Waals surface area contributed by atoms with Gasteiger partial charge in [0.1, 0.15) is 17.1 Å². The monoisotopic (exact) mass is 551 g/mol. The first-order chi connectivity index (χ1) is 18.0. The van der Waals surface area contributed by atoms with Crippen molar-refractivity contribution in [3.8, 4) is 22.9 Å². The smallest absolute Gasteiger partial charge is 0.282 e. The number of aromatic nitrogens is 2. The highest BCUT2D eigenvalue weighted by molar-refractivity contribution is 9.10. The molecule has 37 heavy (non-hydrogen) atoms. The molecule has 0 bridgehead atoms. The summed E-state index contributed by atoms with van der Waals surface area (Å²) in [4.78, 5) is 29.7. The van der Waals surface area contributed by atoms with Gasteiger partial charge in [0.25, 0.3) is 5.56 Å². The molecule has 0 unspecified atom stereocenters. The molecule has 6 aromatic rings. The van der Waals surface area contributed by atoms with Crippen LogP contribution in [0.15, 0.2) is 108 Å². The average molecular weight is 552 g/mol. The van der Waals surface area contributed by atoms with Crippen molar-refractivity contribution in [1.29, 1.82) is 0 Å². The molecule has 180 valence electrons. The van der Waals surface area contributed by atoms with E-state index in [0.717, 1.165) is 15.4 Å². The van der Waals surface area contributed by atoms with Gasteiger partial charge in [0.2, 0.25) is 5.82 Å². The van der Waals surface area contributed by atoms with Crippen LogP contribution < -0.4 is 5.56 Å². The molecule has 0 spiro atoms. The molecule has 0 aliphatic carbocycles. The Kier molecular flexibility index (Phi) is 5.65. The topological polar surface area (TPSA) is 90.6 Å². The van der Waals surface area contributed by atoms with Crippen molar-refractivity contribution in [2.24, 2.45) is 5.10 Å². The molecule has 8 heteroatoms. The van der Waals surface area contributed by atoms with Gasteiger partial charge in [-0.2, -0.15) is 9.78 Å². The standard InChI is InChI=1S/C29H18BrN3O4/c1-17(34)18-6-8-19(9-7-18)25-13-11-22(36-25)16-31-33-28(32-24-5-3-2-4-23(24)29(33)35)27-15-20-14-21(30)10-12-26(20)37-27/h2-16H,1H3. The summed E-state index contributed by atoms with van der Waals surface area (Å²) in [5.74, 6) is 1.76. The first-order valence-corrected chi connectivity index (χ1v) is 12.2. The molecule has 0 aliphatic heterocycles. The Morgan fingerprint density at radius 3 is 2.57 bits per heavy atom. The van der Waals surface area contributed by atoms with Crippen molar-refractivity contribution >= 4 is 49.8 Å². The number of Topliss-reactive ketones (excluding diaryl/α,β-unsaturated/α-hetero) is 1. The number of halogens is 1. The number of ketones is 1. The summed E-state index contributed by atoms with van der Waals surface area (Å²) in [5, 5.41) is 5.75. The van der Waals surface area contributed by atoms with Crippen molar-refractivity contribution in [3.05, 3.63) is 111 Å². The second-order valence-corrected chi connectivity index (χ2v) is 9.36. The van der Waals surface area contributed by atoms with Crippen molar-refractivity contribution in [2.75, 3.05) is 0 Å². The number of nitrogens with zero attached hydrogens (tertiary/aromatic N) is 3. The van der Waals surface area contributed by atoms with E-state index >= 15 is 0 Å². The minimum absolute atomic E-state index is 0.00106. The molecule has 0 saturated carbocycles. The summed E-state index contributed by atoms with van der Waals surface area (Å²) in [6.45, 7) is 1.53. The maximum Gasteiger partial charge on any atom is 0.282 e. The van der Waals surface area contributed by atoms with Crippen LogP contribution in [0.5, 0.6) is 0 Å². The lowest BCUT2D eigenvalue weighted by molar-refractivity contribution is 0.101. The molecule has 3 aromatic carbocycles. The Hall–Kier alpha value is -4.56. The second-order valence-electron chi connectivity index (χ2n) is 8.44. The summed E-state index contributed by atoms with van der Waals surface area (Å²) in [7, 11) is 0. The SMILES string of the molecule is CC(=O)c1ccc(-c2ccc(C=Nn3c(-c4cc5cc(Br)ccc5o4)nc4ccccc4c3=O)o2)cc1. The largest absolute Gasteiger partial charge is 0.455 e. The lowest BCUT2D eigenvalue weighted by Gasteiger charge is -2.06. The third-order valence-corrected chi connectivity index (χ3v) is 6.45. The Morgan fingerprint density at radius 2 is 1.76 bits per heavy atom. The number of rotatable bonds is 5. The van der Waals surface area contributed by atoms with Crippen LogP contribution in [-0.4, -0.2) is 21.7 Å². The summed E-state index contributed by atoms with van der Waals surface area (Å²) in [6.07, 6.45) is 1.47. The Balaban J connectivity index is 1.42. The van der Waals surface area contributed by atoms with Crippen LogP contribution >= 0.6 is 15.9 Å². The molecule has 6 rings (SSSR count). The lowest BCUT2D eigenvalue weighted by atomic mass is 10.1. The number of carbonyl (C=O) groups excluding carboxylic acids is 1. The van der Waals surface area contributed by atoms with E-state index < -0.39 is 0 Å². The van der Waals surface area contributed by atoms with Gasteiger partial charge >= 0.3 is 0 Å². The summed E-state index contributed by atoms with van der Waals surface area (Å²) >= 11 is 3.47. The van der Waals surface area contributed by atoms with Gasteiger partial charge in [-0.1, -0.05) is 52.3 Å². The van der Waals surface area contributed by atoms with Crippen LogP contribution in [0.25, 0.3) is 44.8 Å². The molecule has 0 amide bonds. The third kappa shape index (κ3) is 4.32. The predicted octanol–water partition coefficient (Wildman–Crippen LogP) is 6.92. The van der Waals surface area contributed by atoms with Gasteiger partial charge in [0, 0.05) is 21.0 Å². The minimum Gasteiger partial charge on any atom is -0.455 e. The van der Waals surface area contributed by atoms with Crippen molar-refractivity contribution in [2.45, 2.75) is 6.92 Å². The van der Waals surface area contributed by atoms with E-state index in [1.165, 1.54) is 17.8 Å². The first-order valence-electron chi connectivity index (χ1n) is 11.4. The van der Waals surface area contributed by atoms with Crippen LogP contribution in [-0.2, 0) is 0 Å². The number of benzene rings is 3. The van der Waals surface area contributed by atoms with E-state index in [1.54, 1.807) is 36.4 Å². The van der Waals surface area contributed by atoms with E-state index in [2.05, 4.69) is 21.0 Å².